The summed E-state index contributed by atoms with van der Waals surface area (Å²) >= 11 is 0. The number of hydrogen-bond donors (Lipinski definition) is 0. The molecule has 0 unspecified atom stereocenters. The molecule has 6 rings (SSSR count). The summed E-state index contributed by atoms with van der Waals surface area (Å²) in [5, 5.41) is 0. The minimum Gasteiger partial charge on any atom is -0.337 e. The van der Waals surface area contributed by atoms with Crippen LogP contribution in [0.15, 0.2) is 47.4 Å². The van der Waals surface area contributed by atoms with Crippen molar-refractivity contribution < 1.29 is 48.3 Å². The Morgan fingerprint density at radius 3 is 2.07 bits per heavy atom. The maximum Gasteiger partial charge on any atom is 0.435 e. The first kappa shape index (κ1) is 30.3. The van der Waals surface area contributed by atoms with Gasteiger partial charge in [-0.2, -0.15) is 26.3 Å². The predicted octanol–water partition coefficient (Wildman–Crippen LogP) is 7.16. The van der Waals surface area contributed by atoms with Crippen LogP contribution in [0.2, 0.25) is 0 Å². The Kier molecular flexibility index (Phi) is 6.63. The normalized spacial score (nSPS) is 30.8. The fourth-order valence-corrected chi connectivity index (χ4v) is 10.8. The van der Waals surface area contributed by atoms with Crippen LogP contribution >= 0.6 is 0 Å². The van der Waals surface area contributed by atoms with Gasteiger partial charge >= 0.3 is 18.0 Å². The molecule has 4 nitrogen and oxygen atoms in total. The summed E-state index contributed by atoms with van der Waals surface area (Å²) in [6.45, 7) is 2.14. The number of sulfone groups is 1. The number of fused-ring (bicyclic) bond motifs is 3. The zero-order chi connectivity index (χ0) is 31.4. The van der Waals surface area contributed by atoms with Crippen LogP contribution in [-0.2, 0) is 31.5 Å². The van der Waals surface area contributed by atoms with Crippen molar-refractivity contribution in [3.8, 4) is 0 Å². The Morgan fingerprint density at radius 1 is 0.907 bits per heavy atom. The van der Waals surface area contributed by atoms with E-state index in [2.05, 4.69) is 6.92 Å². The highest BCUT2D eigenvalue weighted by Crippen LogP contribution is 2.62. The van der Waals surface area contributed by atoms with E-state index in [4.69, 9.17) is 0 Å². The Labute approximate surface area is 243 Å². The fraction of sp³-hybridized carbons (Fsp3) is 0.567. The summed E-state index contributed by atoms with van der Waals surface area (Å²) in [5.41, 5.74) is -7.49. The van der Waals surface area contributed by atoms with Crippen LogP contribution < -0.4 is 0 Å². The lowest BCUT2D eigenvalue weighted by molar-refractivity contribution is -0.348. The molecule has 0 N–H and O–H groups in total. The molecule has 43 heavy (non-hydrogen) atoms. The second-order valence-electron chi connectivity index (χ2n) is 12.8. The summed E-state index contributed by atoms with van der Waals surface area (Å²) in [5.74, 6) is -0.656. The smallest absolute Gasteiger partial charge is 0.337 e. The number of halogens is 8. The first-order chi connectivity index (χ1) is 19.9. The van der Waals surface area contributed by atoms with E-state index in [-0.39, 0.29) is 59.1 Å². The molecule has 2 aromatic carbocycles. The topological polar surface area (TPSA) is 54.5 Å². The SMILES string of the molecule is CC1CC2(C1)CC(C(=O)N1CC[C@]3(S(=O)(=O)c4ccc(F)cc4)c4ccc(C(F)(C(F)(F)F)C(F)(F)F)cc4CC[C@H]13)C2. The third kappa shape index (κ3) is 4.19. The van der Waals surface area contributed by atoms with E-state index in [1.807, 2.05) is 0 Å². The van der Waals surface area contributed by atoms with Gasteiger partial charge in [0.25, 0.3) is 0 Å². The lowest BCUT2D eigenvalue weighted by Crippen LogP contribution is -2.56. The lowest BCUT2D eigenvalue weighted by Gasteiger charge is -2.57. The number of rotatable bonds is 4. The molecule has 1 heterocycles. The second-order valence-corrected chi connectivity index (χ2v) is 15.0. The van der Waals surface area contributed by atoms with Crippen molar-refractivity contribution in [3.05, 3.63) is 65.0 Å². The molecule has 3 fully saturated rings. The fourth-order valence-electron chi connectivity index (χ4n) is 8.46. The molecule has 234 valence electrons. The molecule has 2 saturated carbocycles. The monoisotopic (exact) mass is 635 g/mol. The predicted molar refractivity (Wildman–Crippen MR) is 139 cm³/mol. The molecule has 1 aliphatic heterocycles. The molecule has 13 heteroatoms. The van der Waals surface area contributed by atoms with Gasteiger partial charge in [0.1, 0.15) is 10.6 Å². The largest absolute Gasteiger partial charge is 0.435 e. The van der Waals surface area contributed by atoms with Gasteiger partial charge in [-0.3, -0.25) is 4.79 Å². The van der Waals surface area contributed by atoms with Gasteiger partial charge in [-0.1, -0.05) is 25.1 Å². The van der Waals surface area contributed by atoms with Crippen molar-refractivity contribution in [2.24, 2.45) is 17.3 Å². The number of benzene rings is 2. The van der Waals surface area contributed by atoms with Crippen LogP contribution in [0.4, 0.5) is 35.1 Å². The van der Waals surface area contributed by atoms with Gasteiger partial charge in [0.05, 0.1) is 10.9 Å². The lowest BCUT2D eigenvalue weighted by atomic mass is 9.48. The molecule has 2 aromatic rings. The average molecular weight is 636 g/mol. The van der Waals surface area contributed by atoms with Crippen molar-refractivity contribution in [1.82, 2.24) is 4.90 Å². The molecule has 0 radical (unpaired) electrons. The van der Waals surface area contributed by atoms with E-state index in [1.165, 1.54) is 4.90 Å². The van der Waals surface area contributed by atoms with Crippen LogP contribution in [0.1, 0.15) is 62.1 Å². The van der Waals surface area contributed by atoms with E-state index in [9.17, 15) is 48.3 Å². The van der Waals surface area contributed by atoms with E-state index in [1.54, 1.807) is 0 Å². The summed E-state index contributed by atoms with van der Waals surface area (Å²) in [7, 11) is -4.50. The maximum atomic E-state index is 15.0. The quantitative estimate of drug-likeness (QED) is 0.265. The number of aryl methyl sites for hydroxylation is 1. The molecular formula is C30H29F8NO3S. The third-order valence-corrected chi connectivity index (χ3v) is 12.8. The number of amides is 1. The van der Waals surface area contributed by atoms with Crippen LogP contribution in [0.5, 0.6) is 0 Å². The van der Waals surface area contributed by atoms with Gasteiger partial charge < -0.3 is 4.90 Å². The van der Waals surface area contributed by atoms with Gasteiger partial charge in [0.2, 0.25) is 5.91 Å². The third-order valence-electron chi connectivity index (χ3n) is 10.2. The molecule has 2 atom stereocenters. The Balaban J connectivity index is 1.44. The molecule has 0 bridgehead atoms. The van der Waals surface area contributed by atoms with Crippen molar-refractivity contribution in [2.75, 3.05) is 6.54 Å². The Morgan fingerprint density at radius 2 is 1.51 bits per heavy atom. The van der Waals surface area contributed by atoms with E-state index in [0.717, 1.165) is 43.2 Å². The van der Waals surface area contributed by atoms with Crippen molar-refractivity contribution in [1.29, 1.82) is 0 Å². The van der Waals surface area contributed by atoms with Crippen LogP contribution in [0.25, 0.3) is 0 Å². The van der Waals surface area contributed by atoms with Crippen LogP contribution in [0.3, 0.4) is 0 Å². The second kappa shape index (κ2) is 9.40. The average Bonchev–Trinajstić information content (AvgIpc) is 3.29. The number of nitrogens with zero attached hydrogens (tertiary/aromatic N) is 1. The molecular weight excluding hydrogens is 606 g/mol. The van der Waals surface area contributed by atoms with Gasteiger partial charge in [-0.05, 0) is 91.7 Å². The van der Waals surface area contributed by atoms with Gasteiger partial charge in [0.15, 0.2) is 9.84 Å². The summed E-state index contributed by atoms with van der Waals surface area (Å²) in [6, 6.07) is 4.58. The Bertz CT molecular complexity index is 1540. The first-order valence-corrected chi connectivity index (χ1v) is 15.6. The summed E-state index contributed by atoms with van der Waals surface area (Å²) < 4.78 is 137. The number of hydrogen-bond acceptors (Lipinski definition) is 3. The molecule has 3 aliphatic carbocycles. The standard InChI is InChI=1S/C30H29F8NO3S/c1-17-13-26(14-17)15-19(16-26)25(40)39-11-10-27(43(41,42)22-6-4-21(31)5-7-22)23-8-3-20(12-18(23)2-9-24(27)39)28(32,29(33,34)35)30(36,37)38/h3-8,12,17,19,24H,2,9-11,13-16H2,1H3/t17?,19?,24-,26?,27-/m0/s1. The minimum absolute atomic E-state index is 0.00314. The maximum absolute atomic E-state index is 15.0. The van der Waals surface area contributed by atoms with Gasteiger partial charge in [-0.15, -0.1) is 0 Å². The van der Waals surface area contributed by atoms with E-state index in [0.29, 0.717) is 30.9 Å². The summed E-state index contributed by atoms with van der Waals surface area (Å²) in [6.07, 6.45) is -9.67. The molecule has 1 amide bonds. The number of alkyl halides is 7. The number of carbonyl (C=O) groups is 1. The van der Waals surface area contributed by atoms with Gasteiger partial charge in [-0.25, -0.2) is 17.2 Å². The zero-order valence-corrected chi connectivity index (χ0v) is 23.9. The van der Waals surface area contributed by atoms with Crippen LogP contribution in [0, 0.1) is 23.1 Å². The van der Waals surface area contributed by atoms with Crippen LogP contribution in [-0.4, -0.2) is 44.2 Å². The van der Waals surface area contributed by atoms with Gasteiger partial charge in [0, 0.05) is 18.0 Å². The first-order valence-electron chi connectivity index (χ1n) is 14.1. The highest BCUT2D eigenvalue weighted by Gasteiger charge is 2.74. The molecule has 1 spiro atoms. The molecule has 1 saturated heterocycles. The van der Waals surface area contributed by atoms with E-state index < -0.39 is 50.0 Å². The molecule has 0 aromatic heterocycles. The highest BCUT2D eigenvalue weighted by atomic mass is 32.2. The van der Waals surface area contributed by atoms with Crippen molar-refractivity contribution in [3.63, 3.8) is 0 Å². The Hall–Kier alpha value is -2.70. The molecule has 4 aliphatic rings. The highest BCUT2D eigenvalue weighted by molar-refractivity contribution is 7.92. The number of likely N-dealkylation sites (tertiary alicyclic amines) is 1. The zero-order valence-electron chi connectivity index (χ0n) is 23.0. The van der Waals surface area contributed by atoms with Crippen molar-refractivity contribution in [2.45, 2.75) is 85.6 Å². The number of carbonyl (C=O) groups excluding carboxylic acids is 1. The summed E-state index contributed by atoms with van der Waals surface area (Å²) in [4.78, 5) is 14.9. The van der Waals surface area contributed by atoms with Crippen molar-refractivity contribution >= 4 is 15.7 Å². The minimum atomic E-state index is -6.33. The van der Waals surface area contributed by atoms with E-state index >= 15 is 0 Å².